The summed E-state index contributed by atoms with van der Waals surface area (Å²) in [4.78, 5) is 24.0. The van der Waals surface area contributed by atoms with E-state index < -0.39 is 0 Å². The Labute approximate surface area is 121 Å². The predicted octanol–water partition coefficient (Wildman–Crippen LogP) is 2.87. The molecule has 3 rings (SSSR count). The minimum atomic E-state index is -0.264. The van der Waals surface area contributed by atoms with E-state index in [2.05, 4.69) is 29.4 Å². The van der Waals surface area contributed by atoms with Gasteiger partial charge in [-0.05, 0) is 24.7 Å². The van der Waals surface area contributed by atoms with Crippen LogP contribution in [-0.2, 0) is 14.3 Å². The number of ether oxygens (including phenoxy) is 1. The topological polar surface area (TPSA) is 43.4 Å². The molecule has 1 saturated heterocycles. The fraction of sp³-hybridized carbons (Fsp3) is 0.733. The van der Waals surface area contributed by atoms with Crippen LogP contribution in [0.15, 0.2) is 12.2 Å². The van der Waals surface area contributed by atoms with Crippen molar-refractivity contribution in [2.75, 3.05) is 0 Å². The zero-order valence-corrected chi connectivity index (χ0v) is 12.9. The van der Waals surface area contributed by atoms with Crippen LogP contribution in [0.5, 0.6) is 0 Å². The maximum Gasteiger partial charge on any atom is 0.334 e. The first-order valence-electron chi connectivity index (χ1n) is 6.93. The van der Waals surface area contributed by atoms with Gasteiger partial charge in [-0.15, -0.1) is 0 Å². The van der Waals surface area contributed by atoms with Gasteiger partial charge in [0.05, 0.1) is 4.83 Å². The van der Waals surface area contributed by atoms with Gasteiger partial charge in [0.1, 0.15) is 11.9 Å². The van der Waals surface area contributed by atoms with E-state index in [1.807, 2.05) is 6.92 Å². The summed E-state index contributed by atoms with van der Waals surface area (Å²) in [6.07, 6.45) is 2.68. The monoisotopic (exact) mass is 326 g/mol. The Kier molecular flexibility index (Phi) is 2.93. The Hall–Kier alpha value is -0.640. The van der Waals surface area contributed by atoms with Crippen LogP contribution in [0.4, 0.5) is 0 Å². The second-order valence-corrected chi connectivity index (χ2v) is 7.69. The van der Waals surface area contributed by atoms with Crippen molar-refractivity contribution in [3.05, 3.63) is 12.2 Å². The van der Waals surface area contributed by atoms with Crippen molar-refractivity contribution >= 4 is 27.7 Å². The number of ketones is 1. The maximum absolute atomic E-state index is 12.3. The quantitative estimate of drug-likeness (QED) is 0.390. The second-order valence-electron chi connectivity index (χ2n) is 6.58. The van der Waals surface area contributed by atoms with Crippen LogP contribution in [0, 0.1) is 23.2 Å². The van der Waals surface area contributed by atoms with E-state index in [-0.39, 0.29) is 45.9 Å². The van der Waals surface area contributed by atoms with Crippen LogP contribution < -0.4 is 0 Å². The molecule has 2 saturated carbocycles. The van der Waals surface area contributed by atoms with Gasteiger partial charge < -0.3 is 4.74 Å². The van der Waals surface area contributed by atoms with Crippen LogP contribution in [0.1, 0.15) is 33.1 Å². The number of fused-ring (bicyclic) bond motifs is 3. The lowest BCUT2D eigenvalue weighted by atomic mass is 9.53. The Morgan fingerprint density at radius 2 is 2.11 bits per heavy atom. The molecule has 0 bridgehead atoms. The summed E-state index contributed by atoms with van der Waals surface area (Å²) >= 11 is 3.51. The van der Waals surface area contributed by atoms with Gasteiger partial charge in [-0.25, -0.2) is 4.79 Å². The molecule has 6 unspecified atom stereocenters. The summed E-state index contributed by atoms with van der Waals surface area (Å²) in [6.45, 7) is 8.09. The average Bonchev–Trinajstić information content (AvgIpc) is 2.61. The molecule has 4 heteroatoms. The summed E-state index contributed by atoms with van der Waals surface area (Å²) in [5.74, 6) is 0.176. The lowest BCUT2D eigenvalue weighted by Gasteiger charge is -2.52. The van der Waals surface area contributed by atoms with Crippen molar-refractivity contribution in [1.82, 2.24) is 0 Å². The molecule has 0 aromatic rings. The first-order chi connectivity index (χ1) is 8.85. The average molecular weight is 327 g/mol. The van der Waals surface area contributed by atoms with Gasteiger partial charge in [0.15, 0.2) is 0 Å². The molecule has 3 fully saturated rings. The predicted molar refractivity (Wildman–Crippen MR) is 74.8 cm³/mol. The van der Waals surface area contributed by atoms with Gasteiger partial charge in [0.25, 0.3) is 0 Å². The van der Waals surface area contributed by atoms with E-state index in [0.717, 1.165) is 19.3 Å². The highest BCUT2D eigenvalue weighted by Gasteiger charge is 2.59. The molecule has 0 N–H and O–H groups in total. The van der Waals surface area contributed by atoms with Crippen molar-refractivity contribution in [1.29, 1.82) is 0 Å². The SMILES string of the molecule is C=C1C(=O)OC2C1CCC1(C)CC(Br)C(=O)C(C)C21. The van der Waals surface area contributed by atoms with E-state index in [4.69, 9.17) is 4.74 Å². The van der Waals surface area contributed by atoms with Crippen LogP contribution in [0.2, 0.25) is 0 Å². The molecule has 104 valence electrons. The zero-order chi connectivity index (χ0) is 13.9. The van der Waals surface area contributed by atoms with E-state index in [0.29, 0.717) is 5.57 Å². The number of alkyl halides is 1. The third-order valence-electron chi connectivity index (χ3n) is 5.48. The molecule has 19 heavy (non-hydrogen) atoms. The molecule has 0 spiro atoms. The fourth-order valence-corrected chi connectivity index (χ4v) is 5.60. The summed E-state index contributed by atoms with van der Waals surface area (Å²) < 4.78 is 5.56. The van der Waals surface area contributed by atoms with Crippen LogP contribution in [0.25, 0.3) is 0 Å². The van der Waals surface area contributed by atoms with E-state index in [9.17, 15) is 9.59 Å². The fourth-order valence-electron chi connectivity index (χ4n) is 4.44. The Morgan fingerprint density at radius 1 is 1.42 bits per heavy atom. The van der Waals surface area contributed by atoms with Gasteiger partial charge in [-0.3, -0.25) is 4.79 Å². The van der Waals surface area contributed by atoms with Crippen molar-refractivity contribution in [3.8, 4) is 0 Å². The lowest BCUT2D eigenvalue weighted by molar-refractivity contribution is -0.156. The number of carbonyl (C=O) groups excluding carboxylic acids is 2. The number of rotatable bonds is 0. The van der Waals surface area contributed by atoms with Gasteiger partial charge in [-0.2, -0.15) is 0 Å². The molecule has 0 radical (unpaired) electrons. The van der Waals surface area contributed by atoms with Gasteiger partial charge >= 0.3 is 5.97 Å². The lowest BCUT2D eigenvalue weighted by Crippen LogP contribution is -2.54. The standard InChI is InChI=1S/C15H19BrO3/c1-7-9-4-5-15(3)6-10(16)12(17)8(2)11(15)13(9)19-14(7)18/h8-11,13H,1,4-6H2,2-3H3. The molecule has 2 aliphatic carbocycles. The van der Waals surface area contributed by atoms with Crippen molar-refractivity contribution < 1.29 is 14.3 Å². The number of halogens is 1. The first-order valence-corrected chi connectivity index (χ1v) is 7.84. The van der Waals surface area contributed by atoms with Crippen LogP contribution in [-0.4, -0.2) is 22.7 Å². The Balaban J connectivity index is 1.99. The Morgan fingerprint density at radius 3 is 2.79 bits per heavy atom. The number of hydrogen-bond donors (Lipinski definition) is 0. The zero-order valence-electron chi connectivity index (χ0n) is 11.3. The summed E-state index contributed by atoms with van der Waals surface area (Å²) in [7, 11) is 0. The molecule has 3 aliphatic rings. The minimum Gasteiger partial charge on any atom is -0.458 e. The van der Waals surface area contributed by atoms with E-state index in [1.54, 1.807) is 0 Å². The van der Waals surface area contributed by atoms with E-state index in [1.165, 1.54) is 0 Å². The molecule has 6 atom stereocenters. The van der Waals surface area contributed by atoms with Crippen LogP contribution in [0.3, 0.4) is 0 Å². The molecule has 3 nitrogen and oxygen atoms in total. The molecule has 0 aromatic heterocycles. The molecule has 0 amide bonds. The summed E-state index contributed by atoms with van der Waals surface area (Å²) in [5.41, 5.74) is 0.681. The number of esters is 1. The smallest absolute Gasteiger partial charge is 0.334 e. The maximum atomic E-state index is 12.3. The van der Waals surface area contributed by atoms with E-state index >= 15 is 0 Å². The number of Topliss-reactive ketones (excluding diaryl/α,β-unsaturated/α-hetero) is 1. The number of carbonyl (C=O) groups is 2. The largest absolute Gasteiger partial charge is 0.458 e. The molecular weight excluding hydrogens is 308 g/mol. The highest BCUT2D eigenvalue weighted by Crippen LogP contribution is 2.57. The van der Waals surface area contributed by atoms with Crippen molar-refractivity contribution in [2.45, 2.75) is 44.0 Å². The van der Waals surface area contributed by atoms with Crippen LogP contribution >= 0.6 is 15.9 Å². The molecule has 0 aromatic carbocycles. The second kappa shape index (κ2) is 4.18. The molecule has 1 aliphatic heterocycles. The minimum absolute atomic E-state index is 0.0550. The van der Waals surface area contributed by atoms with Gasteiger partial charge in [0, 0.05) is 23.3 Å². The highest BCUT2D eigenvalue weighted by atomic mass is 79.9. The third kappa shape index (κ3) is 1.75. The van der Waals surface area contributed by atoms with Crippen molar-refractivity contribution in [3.63, 3.8) is 0 Å². The molecule has 1 heterocycles. The summed E-state index contributed by atoms with van der Waals surface area (Å²) in [5, 5.41) is 0. The molecular formula is C15H19BrO3. The Bertz CT molecular complexity index is 472. The third-order valence-corrected chi connectivity index (χ3v) is 6.25. The number of hydrogen-bond acceptors (Lipinski definition) is 3. The van der Waals surface area contributed by atoms with Gasteiger partial charge in [0.2, 0.25) is 0 Å². The van der Waals surface area contributed by atoms with Crippen molar-refractivity contribution in [2.24, 2.45) is 23.2 Å². The first kappa shape index (κ1) is 13.3. The normalized spacial score (nSPS) is 49.6. The summed E-state index contributed by atoms with van der Waals surface area (Å²) in [6, 6.07) is 0. The van der Waals surface area contributed by atoms with Gasteiger partial charge in [-0.1, -0.05) is 36.4 Å². The highest BCUT2D eigenvalue weighted by molar-refractivity contribution is 9.10.